The Kier molecular flexibility index (Phi) is 2.60. The minimum absolute atomic E-state index is 0.0575. The first-order valence-electron chi connectivity index (χ1n) is 6.02. The standard InChI is InChI=1S/C13H12N2O4/c1-7-4-12-9(5-11(7)15(17)18)8-2-3-14-6-10(8)13(16)19-12/h4-5,14H,2-3,6H2,1H3. The quantitative estimate of drug-likeness (QED) is 0.478. The summed E-state index contributed by atoms with van der Waals surface area (Å²) in [6.07, 6.45) is 0.678. The number of benzene rings is 1. The summed E-state index contributed by atoms with van der Waals surface area (Å²) in [6, 6.07) is 3.08. The molecule has 6 nitrogen and oxygen atoms in total. The van der Waals surface area contributed by atoms with Crippen molar-refractivity contribution in [1.29, 1.82) is 0 Å². The van der Waals surface area contributed by atoms with Gasteiger partial charge in [-0.3, -0.25) is 10.1 Å². The topological polar surface area (TPSA) is 85.4 Å². The van der Waals surface area contributed by atoms with Gasteiger partial charge in [-0.05, 0) is 31.5 Å². The summed E-state index contributed by atoms with van der Waals surface area (Å²) >= 11 is 0. The van der Waals surface area contributed by atoms with Crippen LogP contribution in [0, 0.1) is 17.0 Å². The van der Waals surface area contributed by atoms with Crippen molar-refractivity contribution in [3.63, 3.8) is 0 Å². The fraction of sp³-hybridized carbons (Fsp3) is 0.308. The molecule has 98 valence electrons. The molecule has 0 fully saturated rings. The number of nitro benzene ring substituents is 1. The van der Waals surface area contributed by atoms with Crippen molar-refractivity contribution < 1.29 is 9.34 Å². The molecule has 1 aliphatic rings. The maximum absolute atomic E-state index is 11.9. The summed E-state index contributed by atoms with van der Waals surface area (Å²) in [5, 5.41) is 14.8. The average Bonchev–Trinajstić information content (AvgIpc) is 2.38. The first kappa shape index (κ1) is 11.9. The molecular weight excluding hydrogens is 248 g/mol. The number of aryl methyl sites for hydroxylation is 1. The van der Waals surface area contributed by atoms with Crippen molar-refractivity contribution in [3.05, 3.63) is 49.4 Å². The van der Waals surface area contributed by atoms with Crippen molar-refractivity contribution in [1.82, 2.24) is 5.32 Å². The van der Waals surface area contributed by atoms with E-state index in [9.17, 15) is 14.9 Å². The molecule has 0 radical (unpaired) electrons. The third-order valence-electron chi connectivity index (χ3n) is 3.49. The molecule has 0 saturated heterocycles. The van der Waals surface area contributed by atoms with Crippen LogP contribution in [0.5, 0.6) is 0 Å². The minimum Gasteiger partial charge on any atom is -0.422 e. The molecule has 2 heterocycles. The van der Waals surface area contributed by atoms with E-state index in [1.165, 1.54) is 6.07 Å². The fourth-order valence-electron chi connectivity index (χ4n) is 2.53. The van der Waals surface area contributed by atoms with E-state index in [0.29, 0.717) is 35.1 Å². The van der Waals surface area contributed by atoms with E-state index >= 15 is 0 Å². The highest BCUT2D eigenvalue weighted by Gasteiger charge is 2.21. The molecule has 3 rings (SSSR count). The number of fused-ring (bicyclic) bond motifs is 3. The smallest absolute Gasteiger partial charge is 0.341 e. The summed E-state index contributed by atoms with van der Waals surface area (Å²) in [4.78, 5) is 22.5. The Morgan fingerprint density at radius 2 is 2.16 bits per heavy atom. The molecule has 0 bridgehead atoms. The predicted molar refractivity (Wildman–Crippen MR) is 69.3 cm³/mol. The minimum atomic E-state index is -0.409. The molecule has 0 saturated carbocycles. The van der Waals surface area contributed by atoms with Crippen molar-refractivity contribution in [2.75, 3.05) is 6.54 Å². The van der Waals surface area contributed by atoms with E-state index in [1.807, 2.05) is 0 Å². The predicted octanol–water partition coefficient (Wildman–Crippen LogP) is 1.66. The molecule has 1 aromatic heterocycles. The van der Waals surface area contributed by atoms with Gasteiger partial charge >= 0.3 is 5.63 Å². The van der Waals surface area contributed by atoms with E-state index in [-0.39, 0.29) is 11.3 Å². The van der Waals surface area contributed by atoms with Crippen molar-refractivity contribution in [2.24, 2.45) is 0 Å². The molecule has 0 unspecified atom stereocenters. The van der Waals surface area contributed by atoms with Gasteiger partial charge in [0.25, 0.3) is 5.69 Å². The third-order valence-corrected chi connectivity index (χ3v) is 3.49. The number of hydrogen-bond acceptors (Lipinski definition) is 5. The molecule has 0 aliphatic carbocycles. The van der Waals surface area contributed by atoms with Crippen molar-refractivity contribution in [3.8, 4) is 0 Å². The summed E-state index contributed by atoms with van der Waals surface area (Å²) in [5.74, 6) is 0. The number of rotatable bonds is 1. The Labute approximate surface area is 108 Å². The van der Waals surface area contributed by atoms with Crippen LogP contribution in [0.2, 0.25) is 0 Å². The van der Waals surface area contributed by atoms with Gasteiger partial charge in [-0.1, -0.05) is 0 Å². The molecule has 0 spiro atoms. The second-order valence-corrected chi connectivity index (χ2v) is 4.67. The molecule has 0 amide bonds. The highest BCUT2D eigenvalue weighted by atomic mass is 16.6. The van der Waals surface area contributed by atoms with E-state index in [4.69, 9.17) is 4.42 Å². The van der Waals surface area contributed by atoms with Crippen LogP contribution in [-0.2, 0) is 13.0 Å². The lowest BCUT2D eigenvalue weighted by molar-refractivity contribution is -0.385. The van der Waals surface area contributed by atoms with Gasteiger partial charge in [0.15, 0.2) is 0 Å². The molecular formula is C13H12N2O4. The summed E-state index contributed by atoms with van der Waals surface area (Å²) in [6.45, 7) is 2.85. The van der Waals surface area contributed by atoms with Gasteiger partial charge in [-0.25, -0.2) is 4.79 Å². The maximum atomic E-state index is 11.9. The van der Waals surface area contributed by atoms with E-state index in [1.54, 1.807) is 13.0 Å². The van der Waals surface area contributed by atoms with Gasteiger partial charge < -0.3 is 9.73 Å². The fourth-order valence-corrected chi connectivity index (χ4v) is 2.53. The lowest BCUT2D eigenvalue weighted by atomic mass is 9.97. The molecule has 19 heavy (non-hydrogen) atoms. The van der Waals surface area contributed by atoms with Gasteiger partial charge in [0.1, 0.15) is 5.58 Å². The Morgan fingerprint density at radius 1 is 1.37 bits per heavy atom. The molecule has 2 aromatic rings. The second-order valence-electron chi connectivity index (χ2n) is 4.67. The average molecular weight is 260 g/mol. The van der Waals surface area contributed by atoms with Crippen molar-refractivity contribution >= 4 is 16.7 Å². The Balaban J connectivity index is 2.40. The number of nitrogens with one attached hydrogen (secondary N) is 1. The van der Waals surface area contributed by atoms with Gasteiger partial charge in [0, 0.05) is 23.6 Å². The van der Waals surface area contributed by atoms with Crippen LogP contribution in [0.1, 0.15) is 16.7 Å². The van der Waals surface area contributed by atoms with Gasteiger partial charge in [-0.2, -0.15) is 0 Å². The summed E-state index contributed by atoms with van der Waals surface area (Å²) < 4.78 is 5.26. The first-order chi connectivity index (χ1) is 9.08. The van der Waals surface area contributed by atoms with Crippen LogP contribution < -0.4 is 10.9 Å². The van der Waals surface area contributed by atoms with Gasteiger partial charge in [0.2, 0.25) is 0 Å². The Hall–Kier alpha value is -2.21. The molecule has 0 atom stereocenters. The number of hydrogen-bond donors (Lipinski definition) is 1. The van der Waals surface area contributed by atoms with E-state index < -0.39 is 4.92 Å². The zero-order valence-electron chi connectivity index (χ0n) is 10.4. The first-order valence-corrected chi connectivity index (χ1v) is 6.02. The van der Waals surface area contributed by atoms with Gasteiger partial charge in [-0.15, -0.1) is 0 Å². The van der Waals surface area contributed by atoms with E-state index in [0.717, 1.165) is 12.1 Å². The zero-order valence-corrected chi connectivity index (χ0v) is 10.4. The molecule has 1 aromatic carbocycles. The van der Waals surface area contributed by atoms with Gasteiger partial charge in [0.05, 0.1) is 10.5 Å². The second kappa shape index (κ2) is 4.17. The summed E-state index contributed by atoms with van der Waals surface area (Å²) in [7, 11) is 0. The van der Waals surface area contributed by atoms with Crippen LogP contribution in [0.25, 0.3) is 11.0 Å². The van der Waals surface area contributed by atoms with Crippen LogP contribution in [-0.4, -0.2) is 11.5 Å². The lowest BCUT2D eigenvalue weighted by Crippen LogP contribution is -2.29. The van der Waals surface area contributed by atoms with Crippen molar-refractivity contribution in [2.45, 2.75) is 19.9 Å². The SMILES string of the molecule is Cc1cc2oc(=O)c3c(c2cc1[N+](=O)[O-])CCNC3. The zero-order chi connectivity index (χ0) is 13.6. The number of nitrogens with zero attached hydrogens (tertiary/aromatic N) is 1. The van der Waals surface area contributed by atoms with Crippen LogP contribution in [0.3, 0.4) is 0 Å². The van der Waals surface area contributed by atoms with E-state index in [2.05, 4.69) is 5.32 Å². The Morgan fingerprint density at radius 3 is 2.89 bits per heavy atom. The Bertz CT molecular complexity index is 748. The molecule has 1 aliphatic heterocycles. The molecule has 1 N–H and O–H groups in total. The maximum Gasteiger partial charge on any atom is 0.341 e. The lowest BCUT2D eigenvalue weighted by Gasteiger charge is -2.17. The third kappa shape index (κ3) is 1.80. The van der Waals surface area contributed by atoms with Crippen LogP contribution >= 0.6 is 0 Å². The number of nitro groups is 1. The highest BCUT2D eigenvalue weighted by Crippen LogP contribution is 2.29. The highest BCUT2D eigenvalue weighted by molar-refractivity contribution is 5.85. The normalized spacial score (nSPS) is 14.4. The molecule has 6 heteroatoms. The summed E-state index contributed by atoms with van der Waals surface area (Å²) in [5.41, 5.74) is 2.07. The van der Waals surface area contributed by atoms with Crippen LogP contribution in [0.15, 0.2) is 21.3 Å². The monoisotopic (exact) mass is 260 g/mol. The van der Waals surface area contributed by atoms with Crippen LogP contribution in [0.4, 0.5) is 5.69 Å². The largest absolute Gasteiger partial charge is 0.422 e.